The second kappa shape index (κ2) is 35.6. The molecule has 7 nitrogen and oxygen atoms in total. The minimum Gasteiger partial charge on any atom is -0.466 e. The molecule has 1 rings (SSSR count). The van der Waals surface area contributed by atoms with E-state index in [2.05, 4.69) is 59.5 Å². The molecule has 0 bridgehead atoms. The summed E-state index contributed by atoms with van der Waals surface area (Å²) in [5.74, 6) is -0.0347. The van der Waals surface area contributed by atoms with Gasteiger partial charge in [-0.3, -0.25) is 14.5 Å². The van der Waals surface area contributed by atoms with Crippen molar-refractivity contribution in [1.82, 2.24) is 4.90 Å². The zero-order chi connectivity index (χ0) is 42.7. The van der Waals surface area contributed by atoms with Gasteiger partial charge in [-0.05, 0) is 75.9 Å². The van der Waals surface area contributed by atoms with Gasteiger partial charge in [-0.15, -0.1) is 0 Å². The molecule has 1 aliphatic rings. The van der Waals surface area contributed by atoms with Gasteiger partial charge in [0.25, 0.3) is 0 Å². The third kappa shape index (κ3) is 30.1. The molecule has 1 heterocycles. The minimum absolute atomic E-state index is 0.00489. The Labute approximate surface area is 362 Å². The summed E-state index contributed by atoms with van der Waals surface area (Å²) in [5.41, 5.74) is 0. The molecule has 1 fully saturated rings. The highest BCUT2D eigenvalue weighted by atomic mass is 28.4. The first-order valence-corrected chi connectivity index (χ1v) is 28.2. The number of nitrogens with zero attached hydrogens (tertiary/aromatic N) is 1. The molecule has 0 aliphatic carbocycles. The van der Waals surface area contributed by atoms with Crippen molar-refractivity contribution in [2.75, 3.05) is 32.8 Å². The molecular formula is C50H99NO6Si. The van der Waals surface area contributed by atoms with E-state index in [9.17, 15) is 9.59 Å². The van der Waals surface area contributed by atoms with Crippen molar-refractivity contribution in [2.45, 2.75) is 277 Å². The fourth-order valence-corrected chi connectivity index (χ4v) is 8.96. The van der Waals surface area contributed by atoms with E-state index in [1.807, 2.05) is 0 Å². The summed E-state index contributed by atoms with van der Waals surface area (Å²) in [6.07, 6.45) is 35.6. The Kier molecular flexibility index (Phi) is 33.8. The van der Waals surface area contributed by atoms with Crippen LogP contribution in [0.3, 0.4) is 0 Å². The summed E-state index contributed by atoms with van der Waals surface area (Å²) >= 11 is 0. The molecular weight excluding hydrogens is 739 g/mol. The van der Waals surface area contributed by atoms with Crippen LogP contribution in [0.4, 0.5) is 0 Å². The highest BCUT2D eigenvalue weighted by molar-refractivity contribution is 6.74. The second-order valence-corrected chi connectivity index (χ2v) is 24.3. The monoisotopic (exact) mass is 838 g/mol. The number of hydrogen-bond donors (Lipinski definition) is 0. The van der Waals surface area contributed by atoms with Gasteiger partial charge in [-0.2, -0.15) is 0 Å². The van der Waals surface area contributed by atoms with E-state index in [1.54, 1.807) is 0 Å². The SMILES string of the molecule is CCCCCCCCCOC(=O)CCCCCC1CN(CCO[Si](C)(C)C(C)(C)C)CC(CCCCCC(=O)OC(CCCCCCCC)CCCCCCCC)O1. The highest BCUT2D eigenvalue weighted by Crippen LogP contribution is 2.36. The quantitative estimate of drug-likeness (QED) is 0.0347. The van der Waals surface area contributed by atoms with E-state index in [1.165, 1.54) is 109 Å². The summed E-state index contributed by atoms with van der Waals surface area (Å²) in [4.78, 5) is 27.9. The molecule has 58 heavy (non-hydrogen) atoms. The van der Waals surface area contributed by atoms with Crippen LogP contribution in [-0.2, 0) is 28.2 Å². The smallest absolute Gasteiger partial charge is 0.306 e. The lowest BCUT2D eigenvalue weighted by Gasteiger charge is -2.40. The van der Waals surface area contributed by atoms with Crippen LogP contribution >= 0.6 is 0 Å². The lowest BCUT2D eigenvalue weighted by atomic mass is 10.0. The Morgan fingerprint density at radius 3 is 1.50 bits per heavy atom. The van der Waals surface area contributed by atoms with Crippen LogP contribution in [0.2, 0.25) is 18.1 Å². The summed E-state index contributed by atoms with van der Waals surface area (Å²) in [7, 11) is -1.79. The van der Waals surface area contributed by atoms with Crippen LogP contribution < -0.4 is 0 Å². The molecule has 0 saturated carbocycles. The Bertz CT molecular complexity index is 954. The third-order valence-electron chi connectivity index (χ3n) is 12.9. The Hall–Kier alpha value is -0.963. The zero-order valence-electron chi connectivity index (χ0n) is 40.1. The van der Waals surface area contributed by atoms with Crippen molar-refractivity contribution in [2.24, 2.45) is 0 Å². The minimum atomic E-state index is -1.79. The molecule has 344 valence electrons. The van der Waals surface area contributed by atoms with Crippen molar-refractivity contribution < 1.29 is 28.2 Å². The predicted octanol–water partition coefficient (Wildman–Crippen LogP) is 14.7. The van der Waals surface area contributed by atoms with Crippen LogP contribution in [0.1, 0.15) is 241 Å². The molecule has 0 amide bonds. The van der Waals surface area contributed by atoms with Crippen molar-refractivity contribution in [3.63, 3.8) is 0 Å². The van der Waals surface area contributed by atoms with E-state index in [-0.39, 0.29) is 35.3 Å². The maximum atomic E-state index is 13.0. The first-order valence-electron chi connectivity index (χ1n) is 25.3. The van der Waals surface area contributed by atoms with Crippen LogP contribution in [0.5, 0.6) is 0 Å². The maximum absolute atomic E-state index is 13.0. The maximum Gasteiger partial charge on any atom is 0.306 e. The van der Waals surface area contributed by atoms with E-state index in [4.69, 9.17) is 18.6 Å². The van der Waals surface area contributed by atoms with E-state index >= 15 is 0 Å². The average molecular weight is 838 g/mol. The largest absolute Gasteiger partial charge is 0.466 e. The van der Waals surface area contributed by atoms with E-state index in [0.717, 1.165) is 103 Å². The Morgan fingerprint density at radius 1 is 0.586 bits per heavy atom. The van der Waals surface area contributed by atoms with Gasteiger partial charge in [0.2, 0.25) is 0 Å². The number of rotatable bonds is 39. The number of carbonyl (C=O) groups excluding carboxylic acids is 2. The van der Waals surface area contributed by atoms with Crippen molar-refractivity contribution >= 4 is 20.3 Å². The molecule has 0 aromatic heterocycles. The van der Waals surface area contributed by atoms with Crippen molar-refractivity contribution in [1.29, 1.82) is 0 Å². The second-order valence-electron chi connectivity index (χ2n) is 19.5. The Morgan fingerprint density at radius 2 is 1.02 bits per heavy atom. The standard InChI is InChI=1S/C50H99NO6Si/c1-9-12-15-18-21-24-33-41-54-48(52)38-31-25-29-36-46-43-51(40-42-55-58(7,8)50(4,5)6)44-47(56-46)37-30-26-32-39-49(53)57-45(34-27-22-19-16-13-10-2)35-28-23-20-17-14-11-3/h45-47H,9-44H2,1-8H3. The van der Waals surface area contributed by atoms with Crippen molar-refractivity contribution in [3.05, 3.63) is 0 Å². The molecule has 0 aromatic carbocycles. The molecule has 0 N–H and O–H groups in total. The first kappa shape index (κ1) is 55.1. The molecule has 0 radical (unpaired) electrons. The lowest BCUT2D eigenvalue weighted by Crippen LogP contribution is -2.49. The predicted molar refractivity (Wildman–Crippen MR) is 249 cm³/mol. The molecule has 1 aliphatic heterocycles. The van der Waals surface area contributed by atoms with Gasteiger partial charge in [0.1, 0.15) is 6.10 Å². The molecule has 2 atom stereocenters. The van der Waals surface area contributed by atoms with Crippen LogP contribution in [-0.4, -0.2) is 76.3 Å². The van der Waals surface area contributed by atoms with Crippen LogP contribution in [0.25, 0.3) is 0 Å². The highest BCUT2D eigenvalue weighted by Gasteiger charge is 2.37. The van der Waals surface area contributed by atoms with Gasteiger partial charge >= 0.3 is 11.9 Å². The molecule has 2 unspecified atom stereocenters. The summed E-state index contributed by atoms with van der Waals surface area (Å²) in [6.45, 7) is 22.6. The number of unbranched alkanes of at least 4 members (excludes halogenated alkanes) is 20. The number of morpholine rings is 1. The summed E-state index contributed by atoms with van der Waals surface area (Å²) in [6, 6.07) is 0. The number of carbonyl (C=O) groups is 2. The van der Waals surface area contributed by atoms with E-state index < -0.39 is 8.32 Å². The van der Waals surface area contributed by atoms with Gasteiger partial charge < -0.3 is 18.6 Å². The topological polar surface area (TPSA) is 74.3 Å². The fourth-order valence-electron chi connectivity index (χ4n) is 7.92. The molecule has 1 saturated heterocycles. The molecule has 0 aromatic rings. The number of ether oxygens (including phenoxy) is 3. The third-order valence-corrected chi connectivity index (χ3v) is 17.4. The van der Waals surface area contributed by atoms with E-state index in [0.29, 0.717) is 19.4 Å². The molecule has 8 heteroatoms. The van der Waals surface area contributed by atoms with Crippen molar-refractivity contribution in [3.8, 4) is 0 Å². The van der Waals surface area contributed by atoms with Crippen LogP contribution in [0, 0.1) is 0 Å². The van der Waals surface area contributed by atoms with Gasteiger partial charge in [-0.25, -0.2) is 0 Å². The van der Waals surface area contributed by atoms with Gasteiger partial charge in [0.15, 0.2) is 8.32 Å². The first-order chi connectivity index (χ1) is 27.9. The Balaban J connectivity index is 2.51. The summed E-state index contributed by atoms with van der Waals surface area (Å²) < 4.78 is 24.9. The number of hydrogen-bond acceptors (Lipinski definition) is 7. The van der Waals surface area contributed by atoms with Gasteiger partial charge in [0, 0.05) is 39.1 Å². The lowest BCUT2D eigenvalue weighted by molar-refractivity contribution is -0.150. The van der Waals surface area contributed by atoms with Crippen LogP contribution in [0.15, 0.2) is 0 Å². The summed E-state index contributed by atoms with van der Waals surface area (Å²) in [5, 5.41) is 0.207. The van der Waals surface area contributed by atoms with Gasteiger partial charge in [0.05, 0.1) is 18.8 Å². The fraction of sp³-hybridized carbons (Fsp3) is 0.960. The normalized spacial score (nSPS) is 16.6. The van der Waals surface area contributed by atoms with Gasteiger partial charge in [-0.1, -0.05) is 170 Å². The number of esters is 2. The molecule has 0 spiro atoms. The zero-order valence-corrected chi connectivity index (χ0v) is 41.1. The average Bonchev–Trinajstić information content (AvgIpc) is 3.17.